The number of aromatic nitrogens is 1. The third-order valence-electron chi connectivity index (χ3n) is 4.77. The van der Waals surface area contributed by atoms with Crippen LogP contribution in [-0.2, 0) is 14.3 Å². The molecule has 0 unspecified atom stereocenters. The van der Waals surface area contributed by atoms with Crippen LogP contribution in [0.5, 0.6) is 17.2 Å². The molecule has 0 spiro atoms. The summed E-state index contributed by atoms with van der Waals surface area (Å²) >= 11 is 0. The van der Waals surface area contributed by atoms with Gasteiger partial charge in [-0.3, -0.25) is 9.59 Å². The van der Waals surface area contributed by atoms with E-state index in [9.17, 15) is 14.4 Å². The third kappa shape index (κ3) is 7.47. The number of nitrogens with one attached hydrogen (secondary N) is 1. The second-order valence-corrected chi connectivity index (χ2v) is 7.99. The number of carbonyl (C=O) groups is 3. The van der Waals surface area contributed by atoms with Gasteiger partial charge in [0.25, 0.3) is 5.91 Å². The van der Waals surface area contributed by atoms with E-state index in [1.165, 1.54) is 26.1 Å². The lowest BCUT2D eigenvalue weighted by Gasteiger charge is -2.29. The van der Waals surface area contributed by atoms with E-state index in [4.69, 9.17) is 18.9 Å². The van der Waals surface area contributed by atoms with E-state index in [-0.39, 0.29) is 23.1 Å². The highest BCUT2D eigenvalue weighted by atomic mass is 16.6. The number of hydrogen-bond acceptors (Lipinski definition) is 8. The molecule has 0 saturated carbocycles. The lowest BCUT2D eigenvalue weighted by molar-refractivity contribution is -0.158. The number of benzene rings is 1. The molecule has 0 radical (unpaired) electrons. The molecule has 34 heavy (non-hydrogen) atoms. The van der Waals surface area contributed by atoms with Crippen LogP contribution in [0, 0.1) is 5.92 Å². The van der Waals surface area contributed by atoms with E-state index in [1.54, 1.807) is 6.92 Å². The first-order chi connectivity index (χ1) is 16.1. The Hall–Kier alpha value is -3.62. The third-order valence-corrected chi connectivity index (χ3v) is 4.77. The number of rotatable bonds is 11. The van der Waals surface area contributed by atoms with Crippen LogP contribution in [0.4, 0.5) is 0 Å². The van der Waals surface area contributed by atoms with Crippen molar-refractivity contribution in [2.75, 3.05) is 6.61 Å². The molecule has 0 aliphatic carbocycles. The van der Waals surface area contributed by atoms with Crippen LogP contribution < -0.4 is 19.5 Å². The van der Waals surface area contributed by atoms with Gasteiger partial charge in [0.1, 0.15) is 24.0 Å². The first kappa shape index (κ1) is 26.6. The van der Waals surface area contributed by atoms with E-state index >= 15 is 0 Å². The average Bonchev–Trinajstić information content (AvgIpc) is 2.78. The molecule has 0 aliphatic heterocycles. The van der Waals surface area contributed by atoms with Crippen molar-refractivity contribution in [3.63, 3.8) is 0 Å². The number of ether oxygens (including phenoxy) is 4. The Morgan fingerprint density at radius 2 is 1.71 bits per heavy atom. The van der Waals surface area contributed by atoms with Crippen molar-refractivity contribution in [1.82, 2.24) is 10.3 Å². The van der Waals surface area contributed by atoms with Crippen molar-refractivity contribution >= 4 is 17.8 Å². The Morgan fingerprint density at radius 1 is 1.03 bits per heavy atom. The molecule has 184 valence electrons. The van der Waals surface area contributed by atoms with Gasteiger partial charge in [-0.05, 0) is 38.8 Å². The highest BCUT2D eigenvalue weighted by molar-refractivity contribution is 5.98. The Bertz CT molecular complexity index is 978. The molecule has 0 saturated heterocycles. The number of pyridine rings is 1. The number of carbonyl (C=O) groups excluding carboxylic acids is 3. The van der Waals surface area contributed by atoms with E-state index in [0.717, 1.165) is 0 Å². The summed E-state index contributed by atoms with van der Waals surface area (Å²) in [5.41, 5.74) is -0.179. The molecule has 2 aromatic rings. The van der Waals surface area contributed by atoms with Crippen molar-refractivity contribution in [2.24, 2.45) is 5.92 Å². The molecule has 9 heteroatoms. The number of nitrogens with zero attached hydrogens (tertiary/aromatic N) is 1. The quantitative estimate of drug-likeness (QED) is 0.494. The lowest BCUT2D eigenvalue weighted by atomic mass is 10.0. The fourth-order valence-corrected chi connectivity index (χ4v) is 3.22. The molecule has 1 heterocycles. The van der Waals surface area contributed by atoms with Gasteiger partial charge in [0.05, 0.1) is 6.61 Å². The van der Waals surface area contributed by atoms with Gasteiger partial charge in [0, 0.05) is 19.2 Å². The van der Waals surface area contributed by atoms with Gasteiger partial charge in [-0.25, -0.2) is 9.78 Å². The minimum absolute atomic E-state index is 0.0364. The van der Waals surface area contributed by atoms with Gasteiger partial charge in [-0.15, -0.1) is 0 Å². The summed E-state index contributed by atoms with van der Waals surface area (Å²) in [6, 6.07) is 9.72. The monoisotopic (exact) mass is 472 g/mol. The smallest absolute Gasteiger partial charge is 0.328 e. The largest absolute Gasteiger partial charge is 0.490 e. The van der Waals surface area contributed by atoms with Crippen molar-refractivity contribution in [3.05, 3.63) is 48.3 Å². The summed E-state index contributed by atoms with van der Waals surface area (Å²) in [6.45, 7) is 10.4. The highest BCUT2D eigenvalue weighted by Gasteiger charge is 2.30. The van der Waals surface area contributed by atoms with Crippen LogP contribution in [0.1, 0.15) is 52.0 Å². The van der Waals surface area contributed by atoms with Gasteiger partial charge >= 0.3 is 11.9 Å². The average molecular weight is 473 g/mol. The summed E-state index contributed by atoms with van der Waals surface area (Å²) in [6.07, 6.45) is 0.380. The summed E-state index contributed by atoms with van der Waals surface area (Å²) in [7, 11) is 0. The lowest BCUT2D eigenvalue weighted by Crippen LogP contribution is -2.45. The number of amides is 1. The molecular formula is C25H32N2O7. The summed E-state index contributed by atoms with van der Waals surface area (Å²) in [5.74, 6) is -1.27. The van der Waals surface area contributed by atoms with E-state index in [0.29, 0.717) is 12.4 Å². The second kappa shape index (κ2) is 12.6. The molecule has 1 N–H and O–H groups in total. The maximum atomic E-state index is 12.9. The van der Waals surface area contributed by atoms with Crippen LogP contribution in [0.15, 0.2) is 42.6 Å². The van der Waals surface area contributed by atoms with Crippen LogP contribution in [-0.4, -0.2) is 47.7 Å². The molecule has 0 fully saturated rings. The number of esters is 2. The molecule has 1 aromatic carbocycles. The Morgan fingerprint density at radius 3 is 2.29 bits per heavy atom. The summed E-state index contributed by atoms with van der Waals surface area (Å²) in [4.78, 5) is 41.2. The van der Waals surface area contributed by atoms with Crippen LogP contribution in [0.3, 0.4) is 0 Å². The predicted molar refractivity (Wildman–Crippen MR) is 125 cm³/mol. The minimum Gasteiger partial charge on any atom is -0.490 e. The molecule has 2 rings (SSSR count). The number of hydrogen-bond donors (Lipinski definition) is 1. The van der Waals surface area contributed by atoms with E-state index < -0.39 is 36.1 Å². The number of para-hydroxylation sites is 1. The maximum Gasteiger partial charge on any atom is 0.328 e. The van der Waals surface area contributed by atoms with E-state index in [2.05, 4.69) is 10.3 Å². The molecule has 0 bridgehead atoms. The molecular weight excluding hydrogens is 440 g/mol. The van der Waals surface area contributed by atoms with Gasteiger partial charge < -0.3 is 24.3 Å². The minimum atomic E-state index is -1.000. The summed E-state index contributed by atoms with van der Waals surface area (Å²) in [5, 5.41) is 2.55. The zero-order valence-electron chi connectivity index (χ0n) is 20.4. The van der Waals surface area contributed by atoms with Gasteiger partial charge in [-0.1, -0.05) is 32.0 Å². The zero-order chi connectivity index (χ0) is 25.3. The first-order valence-corrected chi connectivity index (χ1v) is 11.2. The first-order valence-electron chi connectivity index (χ1n) is 11.2. The van der Waals surface area contributed by atoms with Crippen LogP contribution in [0.2, 0.25) is 0 Å². The molecule has 0 aliphatic rings. The topological polar surface area (TPSA) is 113 Å². The van der Waals surface area contributed by atoms with Crippen molar-refractivity contribution < 1.29 is 33.3 Å². The van der Waals surface area contributed by atoms with Crippen LogP contribution in [0.25, 0.3) is 0 Å². The van der Waals surface area contributed by atoms with Crippen molar-refractivity contribution in [2.45, 2.75) is 59.8 Å². The van der Waals surface area contributed by atoms with Crippen molar-refractivity contribution in [3.8, 4) is 17.2 Å². The molecule has 9 nitrogen and oxygen atoms in total. The van der Waals surface area contributed by atoms with Gasteiger partial charge in [0.15, 0.2) is 11.4 Å². The molecule has 1 amide bonds. The standard InChI is InChI=1S/C25H32N2O7/c1-7-31-20-13-14-26-21(23(20)33-18(6)28)24(29)27-16(4)25(30)34-22(15(2)3)17(5)32-19-11-9-8-10-12-19/h8-17,22H,7H2,1-6H3,(H,27,29)/t16-,17-,22+/m0/s1. The predicted octanol–water partition coefficient (Wildman–Crippen LogP) is 3.56. The highest BCUT2D eigenvalue weighted by Crippen LogP contribution is 2.30. The molecule has 1 aromatic heterocycles. The van der Waals surface area contributed by atoms with Crippen molar-refractivity contribution in [1.29, 1.82) is 0 Å². The maximum absolute atomic E-state index is 12.9. The summed E-state index contributed by atoms with van der Waals surface area (Å²) < 4.78 is 22.2. The Labute approximate surface area is 199 Å². The van der Waals surface area contributed by atoms with Gasteiger partial charge in [-0.2, -0.15) is 0 Å². The fraction of sp³-hybridized carbons (Fsp3) is 0.440. The molecule has 3 atom stereocenters. The Balaban J connectivity index is 2.11. The second-order valence-electron chi connectivity index (χ2n) is 7.99. The van der Waals surface area contributed by atoms with E-state index in [1.807, 2.05) is 51.1 Å². The fourth-order valence-electron chi connectivity index (χ4n) is 3.22. The normalized spacial score (nSPS) is 13.4. The van der Waals surface area contributed by atoms with Gasteiger partial charge in [0.2, 0.25) is 5.75 Å². The van der Waals surface area contributed by atoms with Crippen LogP contribution >= 0.6 is 0 Å². The SMILES string of the molecule is CCOc1ccnc(C(=O)N[C@@H](C)C(=O)O[C@H](C(C)C)[C@H](C)Oc2ccccc2)c1OC(C)=O. The Kier molecular flexibility index (Phi) is 9.85. The zero-order valence-corrected chi connectivity index (χ0v) is 20.4.